The maximum absolute atomic E-state index is 6.30. The molecular weight excluding hydrogens is 210 g/mol. The molecule has 1 aliphatic carbocycles. The monoisotopic (exact) mass is 233 g/mol. The third kappa shape index (κ3) is 3.55. The first kappa shape index (κ1) is 12.6. The number of rotatable bonds is 6. The molecule has 2 rings (SSSR count). The quantitative estimate of drug-likeness (QED) is 0.820. The highest BCUT2D eigenvalue weighted by atomic mass is 16.5. The zero-order valence-corrected chi connectivity index (χ0v) is 10.9. The molecule has 0 heterocycles. The molecule has 1 fully saturated rings. The fraction of sp³-hybridized carbons (Fsp3) is 0.600. The van der Waals surface area contributed by atoms with Crippen LogP contribution in [0, 0.1) is 12.8 Å². The Morgan fingerprint density at radius 2 is 2.18 bits per heavy atom. The van der Waals surface area contributed by atoms with Gasteiger partial charge in [-0.05, 0) is 44.6 Å². The highest BCUT2D eigenvalue weighted by molar-refractivity contribution is 5.23. The van der Waals surface area contributed by atoms with Gasteiger partial charge in [0.2, 0.25) is 0 Å². The first-order valence-corrected chi connectivity index (χ1v) is 6.63. The first-order valence-electron chi connectivity index (χ1n) is 6.63. The predicted molar refractivity (Wildman–Crippen MR) is 71.0 cm³/mol. The van der Waals surface area contributed by atoms with Crippen LogP contribution in [0.1, 0.15) is 30.9 Å². The van der Waals surface area contributed by atoms with Gasteiger partial charge in [0.1, 0.15) is 0 Å². The van der Waals surface area contributed by atoms with Crippen LogP contribution >= 0.6 is 0 Å². The maximum atomic E-state index is 6.30. The van der Waals surface area contributed by atoms with Crippen LogP contribution in [-0.4, -0.2) is 18.8 Å². The topological polar surface area (TPSA) is 35.2 Å². The lowest BCUT2D eigenvalue weighted by Gasteiger charge is -2.23. The van der Waals surface area contributed by atoms with E-state index in [2.05, 4.69) is 38.1 Å². The van der Waals surface area contributed by atoms with Gasteiger partial charge in [-0.1, -0.05) is 29.8 Å². The molecule has 0 aromatic heterocycles. The molecule has 0 spiro atoms. The first-order chi connectivity index (χ1) is 8.20. The van der Waals surface area contributed by atoms with Crippen molar-refractivity contribution in [2.24, 2.45) is 11.7 Å². The lowest BCUT2D eigenvalue weighted by atomic mass is 9.98. The van der Waals surface area contributed by atoms with Crippen LogP contribution < -0.4 is 5.73 Å². The van der Waals surface area contributed by atoms with E-state index in [-0.39, 0.29) is 12.1 Å². The highest BCUT2D eigenvalue weighted by Gasteiger charge is 2.35. The standard InChI is InChI=1S/C15H23NO/c1-3-17-15(13-7-8-13)14(16)10-12-6-4-5-11(2)9-12/h4-6,9,13-15H,3,7-8,10,16H2,1-2H3. The van der Waals surface area contributed by atoms with Crippen molar-refractivity contribution in [2.75, 3.05) is 6.61 Å². The molecule has 2 heteroatoms. The van der Waals surface area contributed by atoms with E-state index in [0.717, 1.165) is 13.0 Å². The molecule has 0 radical (unpaired) electrons. The number of benzene rings is 1. The lowest BCUT2D eigenvalue weighted by Crippen LogP contribution is -2.40. The number of nitrogens with two attached hydrogens (primary N) is 1. The van der Waals surface area contributed by atoms with E-state index in [1.807, 2.05) is 0 Å². The van der Waals surface area contributed by atoms with E-state index in [0.29, 0.717) is 5.92 Å². The normalized spacial score (nSPS) is 19.0. The molecule has 2 nitrogen and oxygen atoms in total. The Labute approximate surface area is 104 Å². The molecular formula is C15H23NO. The van der Waals surface area contributed by atoms with Gasteiger partial charge in [-0.15, -0.1) is 0 Å². The molecule has 2 N–H and O–H groups in total. The summed E-state index contributed by atoms with van der Waals surface area (Å²) in [6, 6.07) is 8.72. The second-order valence-electron chi connectivity index (χ2n) is 5.11. The van der Waals surface area contributed by atoms with Crippen molar-refractivity contribution in [2.45, 2.75) is 45.3 Å². The fourth-order valence-corrected chi connectivity index (χ4v) is 2.45. The average Bonchev–Trinajstić information content (AvgIpc) is 3.09. The number of ether oxygens (including phenoxy) is 1. The Morgan fingerprint density at radius 1 is 1.41 bits per heavy atom. The Kier molecular flexibility index (Phi) is 4.19. The summed E-state index contributed by atoms with van der Waals surface area (Å²) in [6.45, 7) is 4.94. The van der Waals surface area contributed by atoms with Crippen molar-refractivity contribution < 1.29 is 4.74 Å². The van der Waals surface area contributed by atoms with Crippen molar-refractivity contribution in [1.29, 1.82) is 0 Å². The molecule has 0 amide bonds. The van der Waals surface area contributed by atoms with Crippen molar-refractivity contribution in [3.05, 3.63) is 35.4 Å². The van der Waals surface area contributed by atoms with E-state index in [1.165, 1.54) is 24.0 Å². The summed E-state index contributed by atoms with van der Waals surface area (Å²) in [4.78, 5) is 0. The molecule has 1 aromatic rings. The molecule has 94 valence electrons. The van der Waals surface area contributed by atoms with E-state index in [4.69, 9.17) is 10.5 Å². The van der Waals surface area contributed by atoms with Gasteiger partial charge in [0.05, 0.1) is 6.10 Å². The van der Waals surface area contributed by atoms with Crippen LogP contribution in [0.5, 0.6) is 0 Å². The fourth-order valence-electron chi connectivity index (χ4n) is 2.45. The summed E-state index contributed by atoms with van der Waals surface area (Å²) in [7, 11) is 0. The van der Waals surface area contributed by atoms with Gasteiger partial charge in [-0.2, -0.15) is 0 Å². The Balaban J connectivity index is 1.96. The summed E-state index contributed by atoms with van der Waals surface area (Å²) in [5.74, 6) is 0.703. The van der Waals surface area contributed by atoms with E-state index >= 15 is 0 Å². The summed E-state index contributed by atoms with van der Waals surface area (Å²) in [6.07, 6.45) is 3.74. The number of hydrogen-bond donors (Lipinski definition) is 1. The maximum Gasteiger partial charge on any atom is 0.0757 e. The molecule has 0 aliphatic heterocycles. The van der Waals surface area contributed by atoms with Crippen molar-refractivity contribution in [3.8, 4) is 0 Å². The van der Waals surface area contributed by atoms with Crippen LogP contribution in [0.25, 0.3) is 0 Å². The van der Waals surface area contributed by atoms with Gasteiger partial charge < -0.3 is 10.5 Å². The SMILES string of the molecule is CCOC(C(N)Cc1cccc(C)c1)C1CC1. The average molecular weight is 233 g/mol. The van der Waals surface area contributed by atoms with Gasteiger partial charge in [0.15, 0.2) is 0 Å². The third-order valence-corrected chi connectivity index (χ3v) is 3.42. The lowest BCUT2D eigenvalue weighted by molar-refractivity contribution is 0.0288. The van der Waals surface area contributed by atoms with E-state index in [9.17, 15) is 0 Å². The van der Waals surface area contributed by atoms with Gasteiger partial charge in [-0.25, -0.2) is 0 Å². The second-order valence-corrected chi connectivity index (χ2v) is 5.11. The van der Waals surface area contributed by atoms with Crippen LogP contribution in [0.4, 0.5) is 0 Å². The van der Waals surface area contributed by atoms with E-state index in [1.54, 1.807) is 0 Å². The molecule has 2 atom stereocenters. The smallest absolute Gasteiger partial charge is 0.0757 e. The van der Waals surface area contributed by atoms with Crippen molar-refractivity contribution in [1.82, 2.24) is 0 Å². The molecule has 0 bridgehead atoms. The van der Waals surface area contributed by atoms with Gasteiger partial charge >= 0.3 is 0 Å². The molecule has 1 aliphatic rings. The Hall–Kier alpha value is -0.860. The summed E-state index contributed by atoms with van der Waals surface area (Å²) in [5, 5.41) is 0. The van der Waals surface area contributed by atoms with Crippen molar-refractivity contribution in [3.63, 3.8) is 0 Å². The van der Waals surface area contributed by atoms with Crippen LogP contribution in [0.15, 0.2) is 24.3 Å². The Bertz CT molecular complexity index is 360. The van der Waals surface area contributed by atoms with Crippen LogP contribution in [0.3, 0.4) is 0 Å². The highest BCUT2D eigenvalue weighted by Crippen LogP contribution is 2.36. The van der Waals surface area contributed by atoms with E-state index < -0.39 is 0 Å². The zero-order chi connectivity index (χ0) is 12.3. The zero-order valence-electron chi connectivity index (χ0n) is 10.9. The summed E-state index contributed by atoms with van der Waals surface area (Å²) in [5.41, 5.74) is 8.92. The van der Waals surface area contributed by atoms with Crippen LogP contribution in [0.2, 0.25) is 0 Å². The molecule has 17 heavy (non-hydrogen) atoms. The minimum atomic E-state index is 0.129. The minimum Gasteiger partial charge on any atom is -0.377 e. The van der Waals surface area contributed by atoms with Crippen molar-refractivity contribution >= 4 is 0 Å². The molecule has 2 unspecified atom stereocenters. The second kappa shape index (κ2) is 5.65. The third-order valence-electron chi connectivity index (χ3n) is 3.42. The van der Waals surface area contributed by atoms with Gasteiger partial charge in [0.25, 0.3) is 0 Å². The summed E-state index contributed by atoms with van der Waals surface area (Å²) < 4.78 is 5.81. The molecule has 0 saturated heterocycles. The molecule has 1 aromatic carbocycles. The minimum absolute atomic E-state index is 0.129. The van der Waals surface area contributed by atoms with Gasteiger partial charge in [0, 0.05) is 12.6 Å². The van der Waals surface area contributed by atoms with Gasteiger partial charge in [-0.3, -0.25) is 0 Å². The predicted octanol–water partition coefficient (Wildman–Crippen LogP) is 2.68. The van der Waals surface area contributed by atoms with Crippen LogP contribution in [-0.2, 0) is 11.2 Å². The Morgan fingerprint density at radius 3 is 2.76 bits per heavy atom. The molecule has 1 saturated carbocycles. The number of aryl methyl sites for hydroxylation is 1. The summed E-state index contributed by atoms with van der Waals surface area (Å²) >= 11 is 0. The number of hydrogen-bond acceptors (Lipinski definition) is 2. The largest absolute Gasteiger partial charge is 0.377 e.